The van der Waals surface area contributed by atoms with Crippen LogP contribution in [0.15, 0.2) is 53.6 Å². The maximum absolute atomic E-state index is 11.7. The summed E-state index contributed by atoms with van der Waals surface area (Å²) in [6.45, 7) is 1.66. The molecule has 0 unspecified atom stereocenters. The van der Waals surface area contributed by atoms with E-state index in [1.165, 1.54) is 0 Å². The average Bonchev–Trinajstić information content (AvgIpc) is 2.51. The third-order valence-corrected chi connectivity index (χ3v) is 3.08. The smallest absolute Gasteiger partial charge is 0.277 e. The highest BCUT2D eigenvalue weighted by atomic mass is 35.5. The second-order valence-corrected chi connectivity index (χ2v) is 5.04. The van der Waals surface area contributed by atoms with Crippen molar-refractivity contribution < 1.29 is 9.53 Å². The van der Waals surface area contributed by atoms with Gasteiger partial charge in [-0.3, -0.25) is 4.79 Å². The fourth-order valence-electron chi connectivity index (χ4n) is 1.67. The first-order valence-corrected chi connectivity index (χ1v) is 7.00. The molecular formula is C16H16ClN3O2. The van der Waals surface area contributed by atoms with Crippen molar-refractivity contribution in [3.8, 4) is 5.75 Å². The molecule has 0 bridgehead atoms. The largest absolute Gasteiger partial charge is 0.484 e. The Bertz CT molecular complexity index is 684. The van der Waals surface area contributed by atoms with Crippen LogP contribution < -0.4 is 15.9 Å². The lowest BCUT2D eigenvalue weighted by Crippen LogP contribution is -2.25. The monoisotopic (exact) mass is 317 g/mol. The number of ether oxygens (including phenoxy) is 1. The number of nitrogens with zero attached hydrogens (tertiary/aromatic N) is 1. The molecule has 0 aliphatic rings. The molecule has 0 heterocycles. The molecule has 0 aliphatic carbocycles. The van der Waals surface area contributed by atoms with Crippen LogP contribution in [0, 0.1) is 0 Å². The second-order valence-electron chi connectivity index (χ2n) is 4.60. The van der Waals surface area contributed by atoms with Gasteiger partial charge in [0, 0.05) is 10.7 Å². The molecule has 0 radical (unpaired) electrons. The molecule has 0 spiro atoms. The van der Waals surface area contributed by atoms with Gasteiger partial charge in [-0.1, -0.05) is 29.8 Å². The van der Waals surface area contributed by atoms with E-state index >= 15 is 0 Å². The predicted molar refractivity (Wildman–Crippen MR) is 88.2 cm³/mol. The summed E-state index contributed by atoms with van der Waals surface area (Å²) >= 11 is 5.83. The van der Waals surface area contributed by atoms with Crippen LogP contribution in [0.4, 0.5) is 5.69 Å². The highest BCUT2D eigenvalue weighted by molar-refractivity contribution is 6.30. The maximum Gasteiger partial charge on any atom is 0.277 e. The Morgan fingerprint density at radius 3 is 2.68 bits per heavy atom. The third-order valence-electron chi connectivity index (χ3n) is 2.84. The van der Waals surface area contributed by atoms with Crippen molar-refractivity contribution in [3.05, 3.63) is 59.1 Å². The van der Waals surface area contributed by atoms with Gasteiger partial charge in [0.05, 0.1) is 5.71 Å². The number of nitrogens with one attached hydrogen (secondary N) is 1. The van der Waals surface area contributed by atoms with Crippen LogP contribution in [-0.4, -0.2) is 18.2 Å². The first kappa shape index (κ1) is 15.9. The molecule has 2 rings (SSSR count). The Morgan fingerprint density at radius 2 is 2.00 bits per heavy atom. The van der Waals surface area contributed by atoms with Gasteiger partial charge < -0.3 is 10.5 Å². The van der Waals surface area contributed by atoms with Crippen molar-refractivity contribution in [1.82, 2.24) is 5.43 Å². The van der Waals surface area contributed by atoms with Gasteiger partial charge >= 0.3 is 0 Å². The number of hydrazone groups is 1. The number of rotatable bonds is 5. The van der Waals surface area contributed by atoms with Gasteiger partial charge in [0.2, 0.25) is 0 Å². The minimum absolute atomic E-state index is 0.140. The van der Waals surface area contributed by atoms with E-state index in [0.29, 0.717) is 22.2 Å². The highest BCUT2D eigenvalue weighted by Crippen LogP contribution is 2.16. The molecule has 0 fully saturated rings. The molecule has 0 aromatic heterocycles. The summed E-state index contributed by atoms with van der Waals surface area (Å²) in [7, 11) is 0. The number of halogens is 1. The molecular weight excluding hydrogens is 302 g/mol. The average molecular weight is 318 g/mol. The Labute approximate surface area is 133 Å². The fraction of sp³-hybridized carbons (Fsp3) is 0.125. The Kier molecular flexibility index (Phi) is 5.38. The summed E-state index contributed by atoms with van der Waals surface area (Å²) < 4.78 is 5.32. The van der Waals surface area contributed by atoms with E-state index in [2.05, 4.69) is 10.5 Å². The van der Waals surface area contributed by atoms with Crippen molar-refractivity contribution in [2.75, 3.05) is 12.3 Å². The van der Waals surface area contributed by atoms with Gasteiger partial charge in [-0.15, -0.1) is 0 Å². The lowest BCUT2D eigenvalue weighted by Gasteiger charge is -2.06. The number of anilines is 1. The van der Waals surface area contributed by atoms with Crippen molar-refractivity contribution in [2.24, 2.45) is 5.10 Å². The molecule has 22 heavy (non-hydrogen) atoms. The number of amides is 1. The highest BCUT2D eigenvalue weighted by Gasteiger charge is 2.03. The van der Waals surface area contributed by atoms with Crippen LogP contribution in [0.5, 0.6) is 5.75 Å². The number of carbonyl (C=O) groups excluding carboxylic acids is 1. The topological polar surface area (TPSA) is 76.7 Å². The van der Waals surface area contributed by atoms with Gasteiger partial charge in [0.1, 0.15) is 5.75 Å². The summed E-state index contributed by atoms with van der Waals surface area (Å²) in [6.07, 6.45) is 0. The Morgan fingerprint density at radius 1 is 1.27 bits per heavy atom. The molecule has 2 aromatic rings. The summed E-state index contributed by atoms with van der Waals surface area (Å²) in [5, 5.41) is 4.58. The number of hydrogen-bond donors (Lipinski definition) is 2. The standard InChI is InChI=1S/C16H16ClN3O2/c1-11(12-5-7-14(18)8-6-12)19-20-16(21)10-22-15-4-2-3-13(17)9-15/h2-9H,10,18H2,1H3,(H,20,21). The van der Waals surface area contributed by atoms with Crippen molar-refractivity contribution >= 4 is 28.9 Å². The van der Waals surface area contributed by atoms with E-state index < -0.39 is 0 Å². The quantitative estimate of drug-likeness (QED) is 0.506. The Balaban J connectivity index is 1.86. The van der Waals surface area contributed by atoms with Crippen molar-refractivity contribution in [3.63, 3.8) is 0 Å². The van der Waals surface area contributed by atoms with E-state index in [9.17, 15) is 4.79 Å². The van der Waals surface area contributed by atoms with E-state index in [1.54, 1.807) is 43.3 Å². The van der Waals surface area contributed by atoms with E-state index in [-0.39, 0.29) is 12.5 Å². The molecule has 1 amide bonds. The lowest BCUT2D eigenvalue weighted by molar-refractivity contribution is -0.123. The molecule has 6 heteroatoms. The van der Waals surface area contributed by atoms with E-state index in [0.717, 1.165) is 5.56 Å². The molecule has 0 atom stereocenters. The zero-order valence-corrected chi connectivity index (χ0v) is 12.8. The molecule has 0 saturated heterocycles. The van der Waals surface area contributed by atoms with Crippen LogP contribution in [0.25, 0.3) is 0 Å². The van der Waals surface area contributed by atoms with Crippen LogP contribution >= 0.6 is 11.6 Å². The Hall–Kier alpha value is -2.53. The first-order valence-electron chi connectivity index (χ1n) is 6.62. The number of hydrogen-bond acceptors (Lipinski definition) is 4. The minimum Gasteiger partial charge on any atom is -0.484 e. The van der Waals surface area contributed by atoms with Crippen LogP contribution in [0.3, 0.4) is 0 Å². The molecule has 114 valence electrons. The first-order chi connectivity index (χ1) is 10.5. The fourth-order valence-corrected chi connectivity index (χ4v) is 1.85. The molecule has 3 N–H and O–H groups in total. The second kappa shape index (κ2) is 7.47. The number of benzene rings is 2. The summed E-state index contributed by atoms with van der Waals surface area (Å²) in [6, 6.07) is 14.1. The summed E-state index contributed by atoms with van der Waals surface area (Å²) in [5.41, 5.74) is 10.3. The van der Waals surface area contributed by atoms with Gasteiger partial charge in [-0.05, 0) is 42.8 Å². The molecule has 0 saturated carbocycles. The lowest BCUT2D eigenvalue weighted by atomic mass is 10.1. The van der Waals surface area contributed by atoms with Gasteiger partial charge in [-0.2, -0.15) is 5.10 Å². The van der Waals surface area contributed by atoms with Crippen molar-refractivity contribution in [2.45, 2.75) is 6.92 Å². The SMILES string of the molecule is CC(=NNC(=O)COc1cccc(Cl)c1)c1ccc(N)cc1. The van der Waals surface area contributed by atoms with E-state index in [4.69, 9.17) is 22.1 Å². The van der Waals surface area contributed by atoms with E-state index in [1.807, 2.05) is 12.1 Å². The minimum atomic E-state index is -0.352. The van der Waals surface area contributed by atoms with Gasteiger partial charge in [0.25, 0.3) is 5.91 Å². The normalized spacial score (nSPS) is 11.1. The number of carbonyl (C=O) groups is 1. The summed E-state index contributed by atoms with van der Waals surface area (Å²) in [5.74, 6) is 0.177. The zero-order valence-electron chi connectivity index (χ0n) is 12.0. The van der Waals surface area contributed by atoms with Crippen LogP contribution in [-0.2, 0) is 4.79 Å². The van der Waals surface area contributed by atoms with Gasteiger partial charge in [0.15, 0.2) is 6.61 Å². The molecule has 5 nitrogen and oxygen atoms in total. The third kappa shape index (κ3) is 4.79. The molecule has 0 aliphatic heterocycles. The van der Waals surface area contributed by atoms with Gasteiger partial charge in [-0.25, -0.2) is 5.43 Å². The predicted octanol–water partition coefficient (Wildman–Crippen LogP) is 2.84. The van der Waals surface area contributed by atoms with Crippen molar-refractivity contribution in [1.29, 1.82) is 0 Å². The number of nitrogens with two attached hydrogens (primary N) is 1. The van der Waals surface area contributed by atoms with Crippen LogP contribution in [0.2, 0.25) is 5.02 Å². The summed E-state index contributed by atoms with van der Waals surface area (Å²) in [4.78, 5) is 11.7. The molecule has 2 aromatic carbocycles. The zero-order chi connectivity index (χ0) is 15.9. The maximum atomic E-state index is 11.7. The van der Waals surface area contributed by atoms with Crippen LogP contribution in [0.1, 0.15) is 12.5 Å². The number of nitrogen functional groups attached to an aromatic ring is 1.